The van der Waals surface area contributed by atoms with Crippen molar-refractivity contribution in [2.45, 2.75) is 45.4 Å². The fraction of sp³-hybridized carbons (Fsp3) is 0.588. The van der Waals surface area contributed by atoms with E-state index in [0.717, 1.165) is 36.8 Å². The first-order valence-corrected chi connectivity index (χ1v) is 7.47. The Morgan fingerprint density at radius 2 is 2.00 bits per heavy atom. The summed E-state index contributed by atoms with van der Waals surface area (Å²) in [4.78, 5) is 0. The lowest BCUT2D eigenvalue weighted by molar-refractivity contribution is 0.0934. The van der Waals surface area contributed by atoms with Gasteiger partial charge in [0.15, 0.2) is 11.5 Å². The van der Waals surface area contributed by atoms with Crippen LogP contribution in [0.3, 0.4) is 0 Å². The highest BCUT2D eigenvalue weighted by atomic mass is 16.5. The number of aliphatic hydroxyl groups is 1. The van der Waals surface area contributed by atoms with Gasteiger partial charge in [0.2, 0.25) is 0 Å². The van der Waals surface area contributed by atoms with Crippen LogP contribution in [0.15, 0.2) is 12.1 Å². The van der Waals surface area contributed by atoms with E-state index in [1.54, 1.807) is 20.1 Å². The molecule has 1 aliphatic carbocycles. The largest absolute Gasteiger partial charge is 0.504 e. The van der Waals surface area contributed by atoms with Crippen LogP contribution in [0.1, 0.15) is 56.6 Å². The van der Waals surface area contributed by atoms with E-state index in [9.17, 15) is 10.2 Å². The van der Waals surface area contributed by atoms with E-state index in [-0.39, 0.29) is 17.8 Å². The molecule has 0 amide bonds. The van der Waals surface area contributed by atoms with Gasteiger partial charge < -0.3 is 20.4 Å². The van der Waals surface area contributed by atoms with Gasteiger partial charge in [0.1, 0.15) is 0 Å². The van der Waals surface area contributed by atoms with Gasteiger partial charge in [-0.15, -0.1) is 0 Å². The molecule has 0 atom stereocenters. The maximum absolute atomic E-state index is 9.93. The molecule has 1 saturated carbocycles. The van der Waals surface area contributed by atoms with Crippen LogP contribution in [0, 0.1) is 10.8 Å². The molecule has 21 heavy (non-hydrogen) atoms. The highest BCUT2D eigenvalue weighted by Crippen LogP contribution is 2.45. The monoisotopic (exact) mass is 291 g/mol. The number of phenols is 1. The first-order chi connectivity index (χ1) is 9.90. The molecule has 1 aromatic carbocycles. The molecule has 1 aromatic rings. The second kappa shape index (κ2) is 6.06. The third-order valence-electron chi connectivity index (χ3n) is 4.77. The normalized spacial score (nSPS) is 25.6. The van der Waals surface area contributed by atoms with Crippen molar-refractivity contribution in [3.63, 3.8) is 0 Å². The minimum atomic E-state index is 0.0252. The Bertz CT molecular complexity index is 531. The lowest BCUT2D eigenvalue weighted by Crippen LogP contribution is -2.27. The maximum atomic E-state index is 9.93. The van der Waals surface area contributed by atoms with E-state index in [0.29, 0.717) is 17.4 Å². The zero-order valence-electron chi connectivity index (χ0n) is 13.1. The van der Waals surface area contributed by atoms with E-state index in [2.05, 4.69) is 6.92 Å². The molecule has 0 bridgehead atoms. The predicted octanol–water partition coefficient (Wildman–Crippen LogP) is 3.44. The molecular formula is C17H25NO3. The van der Waals surface area contributed by atoms with E-state index >= 15 is 0 Å². The van der Waals surface area contributed by atoms with Crippen molar-refractivity contribution in [3.8, 4) is 11.5 Å². The summed E-state index contributed by atoms with van der Waals surface area (Å²) in [6.07, 6.45) is 3.94. The molecule has 4 heteroatoms. The van der Waals surface area contributed by atoms with Crippen molar-refractivity contribution >= 4 is 5.71 Å². The Kier molecular flexibility index (Phi) is 4.57. The summed E-state index contributed by atoms with van der Waals surface area (Å²) >= 11 is 0. The predicted molar refractivity (Wildman–Crippen MR) is 83.6 cm³/mol. The molecule has 0 aliphatic heterocycles. The molecule has 2 rings (SSSR count). The van der Waals surface area contributed by atoms with Crippen molar-refractivity contribution in [1.29, 1.82) is 5.41 Å². The third-order valence-corrected chi connectivity index (χ3v) is 4.77. The Morgan fingerprint density at radius 3 is 2.48 bits per heavy atom. The highest BCUT2D eigenvalue weighted by Gasteiger charge is 2.32. The van der Waals surface area contributed by atoms with Gasteiger partial charge in [-0.2, -0.15) is 0 Å². The maximum Gasteiger partial charge on any atom is 0.160 e. The fourth-order valence-corrected chi connectivity index (χ4v) is 3.19. The van der Waals surface area contributed by atoms with Crippen molar-refractivity contribution in [2.75, 3.05) is 13.7 Å². The lowest BCUT2D eigenvalue weighted by atomic mass is 9.70. The van der Waals surface area contributed by atoms with Crippen LogP contribution in [0.4, 0.5) is 0 Å². The molecule has 0 spiro atoms. The van der Waals surface area contributed by atoms with Gasteiger partial charge >= 0.3 is 0 Å². The number of nitrogens with one attached hydrogen (secondary N) is 1. The van der Waals surface area contributed by atoms with Gasteiger partial charge in [-0.25, -0.2) is 0 Å². The molecule has 4 nitrogen and oxygen atoms in total. The van der Waals surface area contributed by atoms with Gasteiger partial charge in [-0.1, -0.05) is 6.92 Å². The SMILES string of the molecule is COc1cc([C@H]2CC[C@@](C)(CO)CC2)c(C(C)=N)cc1O. The number of ether oxygens (including phenoxy) is 1. The van der Waals surface area contributed by atoms with Crippen molar-refractivity contribution in [2.24, 2.45) is 5.41 Å². The molecule has 3 N–H and O–H groups in total. The number of methoxy groups -OCH3 is 1. The van der Waals surface area contributed by atoms with Gasteiger partial charge in [0.25, 0.3) is 0 Å². The van der Waals surface area contributed by atoms with Crippen LogP contribution in [-0.4, -0.2) is 29.6 Å². The number of benzene rings is 1. The van der Waals surface area contributed by atoms with Crippen LogP contribution < -0.4 is 4.74 Å². The second-order valence-corrected chi connectivity index (χ2v) is 6.48. The van der Waals surface area contributed by atoms with Crippen LogP contribution in [0.5, 0.6) is 11.5 Å². The van der Waals surface area contributed by atoms with Crippen LogP contribution in [0.2, 0.25) is 0 Å². The number of hydrogen-bond acceptors (Lipinski definition) is 4. The molecule has 0 radical (unpaired) electrons. The van der Waals surface area contributed by atoms with Gasteiger partial charge in [-0.05, 0) is 61.6 Å². The summed E-state index contributed by atoms with van der Waals surface area (Å²) in [5.41, 5.74) is 2.36. The van der Waals surface area contributed by atoms with Crippen LogP contribution in [-0.2, 0) is 0 Å². The molecule has 0 unspecified atom stereocenters. The van der Waals surface area contributed by atoms with Crippen molar-refractivity contribution in [3.05, 3.63) is 23.3 Å². The van der Waals surface area contributed by atoms with Crippen molar-refractivity contribution in [1.82, 2.24) is 0 Å². The molecule has 116 valence electrons. The summed E-state index contributed by atoms with van der Waals surface area (Å²) in [6.45, 7) is 4.10. The Morgan fingerprint density at radius 1 is 1.38 bits per heavy atom. The summed E-state index contributed by atoms with van der Waals surface area (Å²) < 4.78 is 5.21. The number of hydrogen-bond donors (Lipinski definition) is 3. The van der Waals surface area contributed by atoms with Crippen LogP contribution >= 0.6 is 0 Å². The average Bonchev–Trinajstić information content (AvgIpc) is 2.48. The first-order valence-electron chi connectivity index (χ1n) is 7.47. The third kappa shape index (κ3) is 3.21. The smallest absolute Gasteiger partial charge is 0.160 e. The topological polar surface area (TPSA) is 73.5 Å². The van der Waals surface area contributed by atoms with E-state index in [4.69, 9.17) is 10.1 Å². The summed E-state index contributed by atoms with van der Waals surface area (Å²) in [7, 11) is 1.54. The first kappa shape index (κ1) is 15.8. The van der Waals surface area contributed by atoms with Crippen LogP contribution in [0.25, 0.3) is 0 Å². The summed E-state index contributed by atoms with van der Waals surface area (Å²) in [5.74, 6) is 0.902. The van der Waals surface area contributed by atoms with Crippen molar-refractivity contribution < 1.29 is 14.9 Å². The molecule has 0 saturated heterocycles. The number of phenolic OH excluding ortho intramolecular Hbond substituents is 1. The molecular weight excluding hydrogens is 266 g/mol. The number of rotatable bonds is 4. The standard InChI is InChI=1S/C17H25NO3/c1-11(18)13-8-15(20)16(21-3)9-14(13)12-4-6-17(2,10-19)7-5-12/h8-9,12,18-20H,4-7,10H2,1-3H3/t12-,17+. The Balaban J connectivity index is 2.33. The quantitative estimate of drug-likeness (QED) is 0.744. The second-order valence-electron chi connectivity index (χ2n) is 6.48. The zero-order valence-corrected chi connectivity index (χ0v) is 13.1. The minimum Gasteiger partial charge on any atom is -0.504 e. The minimum absolute atomic E-state index is 0.0252. The Labute approximate surface area is 126 Å². The molecule has 1 fully saturated rings. The zero-order chi connectivity index (χ0) is 15.6. The number of aromatic hydroxyl groups is 1. The van der Waals surface area contributed by atoms with E-state index < -0.39 is 0 Å². The average molecular weight is 291 g/mol. The lowest BCUT2D eigenvalue weighted by Gasteiger charge is -2.36. The summed E-state index contributed by atoms with van der Waals surface area (Å²) in [5, 5.41) is 27.4. The van der Waals surface area contributed by atoms with E-state index in [1.165, 1.54) is 0 Å². The molecule has 0 aromatic heterocycles. The molecule has 1 aliphatic rings. The highest BCUT2D eigenvalue weighted by molar-refractivity contribution is 5.98. The molecule has 0 heterocycles. The van der Waals surface area contributed by atoms with Gasteiger partial charge in [-0.3, -0.25) is 0 Å². The number of aliphatic hydroxyl groups excluding tert-OH is 1. The summed E-state index contributed by atoms with van der Waals surface area (Å²) in [6, 6.07) is 3.51. The Hall–Kier alpha value is -1.55. The van der Waals surface area contributed by atoms with E-state index in [1.807, 2.05) is 6.07 Å². The van der Waals surface area contributed by atoms with Gasteiger partial charge in [0, 0.05) is 17.9 Å². The van der Waals surface area contributed by atoms with Gasteiger partial charge in [0.05, 0.1) is 7.11 Å². The fourth-order valence-electron chi connectivity index (χ4n) is 3.19.